The highest BCUT2D eigenvalue weighted by atomic mass is 16.5. The molecule has 1 N–H and O–H groups in total. The van der Waals surface area contributed by atoms with Crippen LogP contribution in [0.3, 0.4) is 0 Å². The lowest BCUT2D eigenvalue weighted by atomic mass is 9.90. The second-order valence-corrected chi connectivity index (χ2v) is 8.52. The number of nitrogens with one attached hydrogen (secondary N) is 1. The van der Waals surface area contributed by atoms with E-state index in [1.807, 2.05) is 30.3 Å². The standard InChI is InChI=1S/C25H26N4O3/c30-24-10-9-22(17-11-13-26-14-12-17)28-29(24)21-7-5-20(6-8-21)27-25(31)23-15-18-3-1-2-4-19(18)16-32-23/h1-4,9-14,20-21,23H,5-8,15-16H2,(H,27,31). The van der Waals surface area contributed by atoms with Gasteiger partial charge in [-0.15, -0.1) is 0 Å². The van der Waals surface area contributed by atoms with E-state index in [0.29, 0.717) is 13.0 Å². The SMILES string of the molecule is O=C(NC1CCC(n2nc(-c3ccncc3)ccc2=O)CC1)C1Cc2ccccc2CO1. The normalized spacial score (nSPS) is 22.7. The molecule has 1 fully saturated rings. The second kappa shape index (κ2) is 9.04. The summed E-state index contributed by atoms with van der Waals surface area (Å²) in [6, 6.07) is 15.3. The van der Waals surface area contributed by atoms with Gasteiger partial charge in [0.15, 0.2) is 0 Å². The Balaban J connectivity index is 1.20. The van der Waals surface area contributed by atoms with Gasteiger partial charge in [-0.25, -0.2) is 4.68 Å². The van der Waals surface area contributed by atoms with Crippen molar-refractivity contribution in [1.29, 1.82) is 0 Å². The van der Waals surface area contributed by atoms with Gasteiger partial charge in [0.1, 0.15) is 6.10 Å². The van der Waals surface area contributed by atoms with Crippen LogP contribution in [0, 0.1) is 0 Å². The summed E-state index contributed by atoms with van der Waals surface area (Å²) >= 11 is 0. The van der Waals surface area contributed by atoms with Gasteiger partial charge in [-0.1, -0.05) is 24.3 Å². The maximum Gasteiger partial charge on any atom is 0.267 e. The predicted molar refractivity (Wildman–Crippen MR) is 120 cm³/mol. The van der Waals surface area contributed by atoms with Gasteiger partial charge >= 0.3 is 0 Å². The molecule has 7 heteroatoms. The minimum Gasteiger partial charge on any atom is -0.363 e. The van der Waals surface area contributed by atoms with Crippen LogP contribution < -0.4 is 10.9 Å². The maximum absolute atomic E-state index is 12.8. The van der Waals surface area contributed by atoms with Crippen LogP contribution in [0.2, 0.25) is 0 Å². The Bertz CT molecular complexity index is 1150. The molecule has 164 valence electrons. The molecular weight excluding hydrogens is 404 g/mol. The van der Waals surface area contributed by atoms with Crippen LogP contribution in [0.4, 0.5) is 0 Å². The molecule has 1 unspecified atom stereocenters. The van der Waals surface area contributed by atoms with Gasteiger partial charge < -0.3 is 10.1 Å². The zero-order chi connectivity index (χ0) is 21.9. The molecule has 7 nitrogen and oxygen atoms in total. The molecule has 3 aromatic rings. The third kappa shape index (κ3) is 4.34. The summed E-state index contributed by atoms with van der Waals surface area (Å²) in [7, 11) is 0. The monoisotopic (exact) mass is 430 g/mol. The van der Waals surface area contributed by atoms with Crippen LogP contribution in [0.15, 0.2) is 65.7 Å². The molecule has 3 heterocycles. The number of fused-ring (bicyclic) bond motifs is 1. The van der Waals surface area contributed by atoms with E-state index < -0.39 is 6.10 Å². The first-order valence-corrected chi connectivity index (χ1v) is 11.2. The zero-order valence-corrected chi connectivity index (χ0v) is 17.8. The molecule has 5 rings (SSSR count). The fourth-order valence-corrected chi connectivity index (χ4v) is 4.64. The maximum atomic E-state index is 12.8. The molecule has 0 radical (unpaired) electrons. The first-order valence-electron chi connectivity index (χ1n) is 11.2. The smallest absolute Gasteiger partial charge is 0.267 e. The van der Waals surface area contributed by atoms with Crippen molar-refractivity contribution in [3.8, 4) is 11.3 Å². The molecule has 1 aliphatic carbocycles. The molecule has 2 aliphatic rings. The van der Waals surface area contributed by atoms with Crippen LogP contribution in [0.5, 0.6) is 0 Å². The van der Waals surface area contributed by atoms with E-state index in [-0.39, 0.29) is 23.6 Å². The molecule has 2 aromatic heterocycles. The van der Waals surface area contributed by atoms with Gasteiger partial charge in [0.25, 0.3) is 5.56 Å². The lowest BCUT2D eigenvalue weighted by Crippen LogP contribution is -2.46. The Labute approximate surface area is 186 Å². The molecule has 1 saturated carbocycles. The lowest BCUT2D eigenvalue weighted by Gasteiger charge is -2.31. The van der Waals surface area contributed by atoms with E-state index in [1.165, 1.54) is 5.56 Å². The number of hydrogen-bond acceptors (Lipinski definition) is 5. The number of nitrogens with zero attached hydrogens (tertiary/aromatic N) is 3. The Morgan fingerprint density at radius 1 is 0.969 bits per heavy atom. The van der Waals surface area contributed by atoms with E-state index in [4.69, 9.17) is 4.74 Å². The average Bonchev–Trinajstić information content (AvgIpc) is 2.85. The Morgan fingerprint density at radius 3 is 2.50 bits per heavy atom. The minimum atomic E-state index is -0.441. The molecule has 0 saturated heterocycles. The number of rotatable bonds is 4. The summed E-state index contributed by atoms with van der Waals surface area (Å²) in [4.78, 5) is 29.3. The second-order valence-electron chi connectivity index (χ2n) is 8.52. The molecule has 32 heavy (non-hydrogen) atoms. The van der Waals surface area contributed by atoms with Crippen molar-refractivity contribution in [2.75, 3.05) is 0 Å². The molecule has 1 atom stereocenters. The third-order valence-corrected chi connectivity index (χ3v) is 6.45. The number of hydrogen-bond donors (Lipinski definition) is 1. The quantitative estimate of drug-likeness (QED) is 0.688. The number of aromatic nitrogens is 3. The van der Waals surface area contributed by atoms with Crippen molar-refractivity contribution in [2.45, 2.75) is 56.9 Å². The Kier molecular flexibility index (Phi) is 5.81. The zero-order valence-electron chi connectivity index (χ0n) is 17.8. The Hall–Kier alpha value is -3.32. The van der Waals surface area contributed by atoms with E-state index in [1.54, 1.807) is 29.2 Å². The molecule has 0 spiro atoms. The molecular formula is C25H26N4O3. The van der Waals surface area contributed by atoms with Crippen molar-refractivity contribution in [3.63, 3.8) is 0 Å². The van der Waals surface area contributed by atoms with Crippen LogP contribution in [-0.4, -0.2) is 32.8 Å². The lowest BCUT2D eigenvalue weighted by molar-refractivity contribution is -0.135. The molecule has 0 bridgehead atoms. The van der Waals surface area contributed by atoms with Gasteiger partial charge in [-0.3, -0.25) is 14.6 Å². The van der Waals surface area contributed by atoms with Crippen LogP contribution in [-0.2, 0) is 22.6 Å². The highest BCUT2D eigenvalue weighted by molar-refractivity contribution is 5.81. The Morgan fingerprint density at radius 2 is 1.72 bits per heavy atom. The largest absolute Gasteiger partial charge is 0.363 e. The molecule has 1 aromatic carbocycles. The predicted octanol–water partition coefficient (Wildman–Crippen LogP) is 3.05. The number of carbonyl (C=O) groups is 1. The highest BCUT2D eigenvalue weighted by Crippen LogP contribution is 2.28. The summed E-state index contributed by atoms with van der Waals surface area (Å²) in [5.74, 6) is -0.0436. The summed E-state index contributed by atoms with van der Waals surface area (Å²) in [6.07, 6.45) is 6.82. The third-order valence-electron chi connectivity index (χ3n) is 6.45. The minimum absolute atomic E-state index is 0.0373. The number of pyridine rings is 1. The number of benzene rings is 1. The van der Waals surface area contributed by atoms with Crippen molar-refractivity contribution < 1.29 is 9.53 Å². The van der Waals surface area contributed by atoms with Crippen LogP contribution in [0.1, 0.15) is 42.9 Å². The number of carbonyl (C=O) groups excluding carboxylic acids is 1. The summed E-state index contributed by atoms with van der Waals surface area (Å²) < 4.78 is 7.40. The summed E-state index contributed by atoms with van der Waals surface area (Å²) in [6.45, 7) is 0.476. The number of ether oxygens (including phenoxy) is 1. The fraction of sp³-hybridized carbons (Fsp3) is 0.360. The van der Waals surface area contributed by atoms with Crippen molar-refractivity contribution in [3.05, 3.63) is 82.4 Å². The molecule has 1 aliphatic heterocycles. The topological polar surface area (TPSA) is 86.1 Å². The van der Waals surface area contributed by atoms with Crippen LogP contribution in [0.25, 0.3) is 11.3 Å². The van der Waals surface area contributed by atoms with Gasteiger partial charge in [0.05, 0.1) is 18.3 Å². The van der Waals surface area contributed by atoms with E-state index in [9.17, 15) is 9.59 Å². The highest BCUT2D eigenvalue weighted by Gasteiger charge is 2.29. The first-order chi connectivity index (χ1) is 15.7. The van der Waals surface area contributed by atoms with E-state index in [0.717, 1.165) is 42.5 Å². The molecule has 1 amide bonds. The fourth-order valence-electron chi connectivity index (χ4n) is 4.64. The van der Waals surface area contributed by atoms with Crippen LogP contribution >= 0.6 is 0 Å². The van der Waals surface area contributed by atoms with Crippen molar-refractivity contribution >= 4 is 5.91 Å². The van der Waals surface area contributed by atoms with E-state index >= 15 is 0 Å². The van der Waals surface area contributed by atoms with Gasteiger partial charge in [-0.05, 0) is 55.0 Å². The number of amides is 1. The van der Waals surface area contributed by atoms with Gasteiger partial charge in [-0.2, -0.15) is 5.10 Å². The van der Waals surface area contributed by atoms with Gasteiger partial charge in [0, 0.05) is 36.5 Å². The summed E-state index contributed by atoms with van der Waals surface area (Å²) in [5, 5.41) is 7.78. The first kappa shape index (κ1) is 20.6. The van der Waals surface area contributed by atoms with Gasteiger partial charge in [0.2, 0.25) is 5.91 Å². The summed E-state index contributed by atoms with van der Waals surface area (Å²) in [5.41, 5.74) is 3.94. The van der Waals surface area contributed by atoms with E-state index in [2.05, 4.69) is 21.5 Å². The van der Waals surface area contributed by atoms with Crippen molar-refractivity contribution in [1.82, 2.24) is 20.1 Å². The average molecular weight is 431 g/mol. The van der Waals surface area contributed by atoms with Crippen molar-refractivity contribution in [2.24, 2.45) is 0 Å².